The molecule has 1 amide bonds. The van der Waals surface area contributed by atoms with E-state index in [4.69, 9.17) is 4.74 Å². The third-order valence-corrected chi connectivity index (χ3v) is 6.11. The summed E-state index contributed by atoms with van der Waals surface area (Å²) in [4.78, 5) is 26.8. The number of allylic oxidation sites excluding steroid dienone is 1. The summed E-state index contributed by atoms with van der Waals surface area (Å²) in [6, 6.07) is 15.9. The Morgan fingerprint density at radius 1 is 0.972 bits per heavy atom. The van der Waals surface area contributed by atoms with E-state index in [2.05, 4.69) is 49.5 Å². The normalized spacial score (nSPS) is 12.1. The molecule has 2 aromatic carbocycles. The average Bonchev–Trinajstić information content (AvgIpc) is 2.84. The van der Waals surface area contributed by atoms with Crippen LogP contribution >= 0.6 is 0 Å². The van der Waals surface area contributed by atoms with Crippen molar-refractivity contribution in [2.75, 3.05) is 20.6 Å². The van der Waals surface area contributed by atoms with E-state index in [9.17, 15) is 9.59 Å². The highest BCUT2D eigenvalue weighted by molar-refractivity contribution is 5.77. The zero-order chi connectivity index (χ0) is 26.2. The van der Waals surface area contributed by atoms with Crippen LogP contribution in [0.25, 0.3) is 6.08 Å². The number of hydrogen-bond acceptors (Lipinski definition) is 4. The molecule has 0 heterocycles. The minimum Gasteiger partial charge on any atom is -0.461 e. The van der Waals surface area contributed by atoms with Gasteiger partial charge in [-0.2, -0.15) is 0 Å². The molecule has 2 aromatic rings. The van der Waals surface area contributed by atoms with Crippen LogP contribution in [0.5, 0.6) is 0 Å². The molecule has 0 unspecified atom stereocenters. The molecule has 196 valence electrons. The van der Waals surface area contributed by atoms with Crippen molar-refractivity contribution in [3.8, 4) is 0 Å². The van der Waals surface area contributed by atoms with E-state index in [1.165, 1.54) is 29.5 Å². The van der Waals surface area contributed by atoms with E-state index in [0.29, 0.717) is 13.0 Å². The summed E-state index contributed by atoms with van der Waals surface area (Å²) >= 11 is 0. The van der Waals surface area contributed by atoms with Gasteiger partial charge in [0.15, 0.2) is 0 Å². The molecule has 0 spiro atoms. The summed E-state index contributed by atoms with van der Waals surface area (Å²) in [5, 5.41) is 3.03. The van der Waals surface area contributed by atoms with Crippen molar-refractivity contribution in [3.63, 3.8) is 0 Å². The smallest absolute Gasteiger partial charge is 0.308 e. The van der Waals surface area contributed by atoms with Gasteiger partial charge < -0.3 is 15.0 Å². The third kappa shape index (κ3) is 12.7. The van der Waals surface area contributed by atoms with Gasteiger partial charge in [0.25, 0.3) is 0 Å². The highest BCUT2D eigenvalue weighted by Crippen LogP contribution is 2.14. The molecule has 0 fully saturated rings. The number of benzene rings is 2. The molecule has 0 saturated heterocycles. The van der Waals surface area contributed by atoms with Crippen LogP contribution in [-0.2, 0) is 20.9 Å². The van der Waals surface area contributed by atoms with Crippen molar-refractivity contribution in [2.24, 2.45) is 0 Å². The Balaban J connectivity index is 1.59. The van der Waals surface area contributed by atoms with Crippen molar-refractivity contribution in [3.05, 3.63) is 76.9 Å². The third-order valence-electron chi connectivity index (χ3n) is 6.11. The van der Waals surface area contributed by atoms with Gasteiger partial charge in [0.05, 0.1) is 12.5 Å². The van der Waals surface area contributed by atoms with Gasteiger partial charge in [-0.1, -0.05) is 85.5 Å². The van der Waals surface area contributed by atoms with Crippen LogP contribution in [0.1, 0.15) is 73.6 Å². The number of carbonyl (C=O) groups is 2. The first kappa shape index (κ1) is 29.3. The Morgan fingerprint density at radius 3 is 2.44 bits per heavy atom. The first-order valence-electron chi connectivity index (χ1n) is 13.2. The predicted molar refractivity (Wildman–Crippen MR) is 149 cm³/mol. The summed E-state index contributed by atoms with van der Waals surface area (Å²) in [6.07, 6.45) is 11.7. The molecule has 1 N–H and O–H groups in total. The second kappa shape index (κ2) is 16.7. The van der Waals surface area contributed by atoms with Crippen LogP contribution in [0.3, 0.4) is 0 Å². The van der Waals surface area contributed by atoms with E-state index >= 15 is 0 Å². The maximum atomic E-state index is 12.5. The van der Waals surface area contributed by atoms with Crippen LogP contribution in [-0.4, -0.2) is 43.5 Å². The quantitative estimate of drug-likeness (QED) is 0.223. The van der Waals surface area contributed by atoms with E-state index in [1.54, 1.807) is 0 Å². The van der Waals surface area contributed by atoms with Crippen molar-refractivity contribution in [1.29, 1.82) is 0 Å². The Bertz CT molecular complexity index is 954. The minimum absolute atomic E-state index is 0.00849. The number of aryl methyl sites for hydroxylation is 2. The zero-order valence-corrected chi connectivity index (χ0v) is 22.6. The van der Waals surface area contributed by atoms with Crippen LogP contribution in [0.2, 0.25) is 0 Å². The van der Waals surface area contributed by atoms with Crippen molar-refractivity contribution in [1.82, 2.24) is 10.2 Å². The fourth-order valence-corrected chi connectivity index (χ4v) is 4.13. The SMILES string of the molecule is Cc1ccc(C)c(/C=C/CCCCCCCC(=O)N[C@H](CC(=O)OCc2ccccc2)CN(C)C)c1. The predicted octanol–water partition coefficient (Wildman–Crippen LogP) is 6.23. The Kier molecular flexibility index (Phi) is 13.6. The van der Waals surface area contributed by atoms with E-state index in [0.717, 1.165) is 31.2 Å². The monoisotopic (exact) mass is 492 g/mol. The van der Waals surface area contributed by atoms with Crippen molar-refractivity contribution in [2.45, 2.75) is 77.9 Å². The standard InChI is InChI=1S/C31H44N2O3/c1-25-19-20-26(2)28(21-25)17-13-8-6-5-7-9-14-18-30(34)32-29(23-33(3)4)22-31(35)36-24-27-15-11-10-12-16-27/h10-13,15-17,19-21,29H,5-9,14,18,22-24H2,1-4H3,(H,32,34)/b17-13+/t29-/m1/s1. The highest BCUT2D eigenvalue weighted by Gasteiger charge is 2.18. The van der Waals surface area contributed by atoms with E-state index < -0.39 is 0 Å². The number of nitrogens with one attached hydrogen (secondary N) is 1. The summed E-state index contributed by atoms with van der Waals surface area (Å²) < 4.78 is 5.40. The molecule has 0 bridgehead atoms. The summed E-state index contributed by atoms with van der Waals surface area (Å²) in [5.41, 5.74) is 4.86. The number of likely N-dealkylation sites (N-methyl/N-ethyl adjacent to an activating group) is 1. The first-order valence-corrected chi connectivity index (χ1v) is 13.2. The average molecular weight is 493 g/mol. The van der Waals surface area contributed by atoms with Gasteiger partial charge in [-0.15, -0.1) is 0 Å². The Hall–Kier alpha value is -2.92. The molecule has 5 heteroatoms. The fourth-order valence-electron chi connectivity index (χ4n) is 4.13. The Morgan fingerprint density at radius 2 is 1.69 bits per heavy atom. The van der Waals surface area contributed by atoms with E-state index in [1.807, 2.05) is 49.3 Å². The summed E-state index contributed by atoms with van der Waals surface area (Å²) in [7, 11) is 3.87. The van der Waals surface area contributed by atoms with Crippen molar-refractivity contribution >= 4 is 18.0 Å². The number of ether oxygens (including phenoxy) is 1. The molecule has 1 atom stereocenters. The van der Waals surface area contributed by atoms with Crippen LogP contribution in [0.15, 0.2) is 54.6 Å². The highest BCUT2D eigenvalue weighted by atomic mass is 16.5. The maximum Gasteiger partial charge on any atom is 0.308 e. The lowest BCUT2D eigenvalue weighted by atomic mass is 10.0. The molecule has 0 aliphatic rings. The number of amides is 1. The second-order valence-electron chi connectivity index (χ2n) is 9.95. The van der Waals surface area contributed by atoms with Crippen LogP contribution in [0, 0.1) is 13.8 Å². The van der Waals surface area contributed by atoms with Crippen molar-refractivity contribution < 1.29 is 14.3 Å². The van der Waals surface area contributed by atoms with E-state index in [-0.39, 0.29) is 30.9 Å². The second-order valence-corrected chi connectivity index (χ2v) is 9.95. The van der Waals surface area contributed by atoms with Crippen LogP contribution < -0.4 is 5.32 Å². The molecule has 0 radical (unpaired) electrons. The number of carbonyl (C=O) groups excluding carboxylic acids is 2. The molecular weight excluding hydrogens is 448 g/mol. The molecule has 36 heavy (non-hydrogen) atoms. The number of nitrogens with zero attached hydrogens (tertiary/aromatic N) is 1. The van der Waals surface area contributed by atoms with Gasteiger partial charge in [-0.05, 0) is 63.9 Å². The fraction of sp³-hybridized carbons (Fsp3) is 0.484. The molecule has 0 aromatic heterocycles. The van der Waals surface area contributed by atoms with Crippen LogP contribution in [0.4, 0.5) is 0 Å². The topological polar surface area (TPSA) is 58.6 Å². The molecule has 0 aliphatic carbocycles. The lowest BCUT2D eigenvalue weighted by Gasteiger charge is -2.22. The Labute approximate surface area is 217 Å². The lowest BCUT2D eigenvalue weighted by molar-refractivity contribution is -0.145. The number of esters is 1. The molecule has 2 rings (SSSR count). The largest absolute Gasteiger partial charge is 0.461 e. The maximum absolute atomic E-state index is 12.5. The van der Waals surface area contributed by atoms with Gasteiger partial charge in [0.2, 0.25) is 5.91 Å². The zero-order valence-electron chi connectivity index (χ0n) is 22.6. The summed E-state index contributed by atoms with van der Waals surface area (Å²) in [6.45, 7) is 5.13. The minimum atomic E-state index is -0.294. The molecule has 0 aliphatic heterocycles. The van der Waals surface area contributed by atoms with Gasteiger partial charge in [-0.25, -0.2) is 0 Å². The number of rotatable bonds is 16. The molecule has 5 nitrogen and oxygen atoms in total. The summed E-state index contributed by atoms with van der Waals surface area (Å²) in [5.74, 6) is -0.285. The van der Waals surface area contributed by atoms with Gasteiger partial charge >= 0.3 is 5.97 Å². The van der Waals surface area contributed by atoms with Gasteiger partial charge in [-0.3, -0.25) is 9.59 Å². The molecule has 0 saturated carbocycles. The number of hydrogen-bond donors (Lipinski definition) is 1. The molecular formula is C31H44N2O3. The van der Waals surface area contributed by atoms with Gasteiger partial charge in [0.1, 0.15) is 6.61 Å². The number of unbranched alkanes of at least 4 members (excludes halogenated alkanes) is 5. The van der Waals surface area contributed by atoms with Gasteiger partial charge in [0, 0.05) is 13.0 Å². The first-order chi connectivity index (χ1) is 17.3. The lowest BCUT2D eigenvalue weighted by Crippen LogP contribution is -2.43.